The predicted octanol–water partition coefficient (Wildman–Crippen LogP) is 2.47. The van der Waals surface area contributed by atoms with E-state index in [-0.39, 0.29) is 5.95 Å². The van der Waals surface area contributed by atoms with E-state index in [0.29, 0.717) is 16.7 Å². The van der Waals surface area contributed by atoms with Crippen molar-refractivity contribution >= 4 is 28.6 Å². The second-order valence-electron chi connectivity index (χ2n) is 4.24. The van der Waals surface area contributed by atoms with E-state index in [1.165, 1.54) is 0 Å². The number of H-pyrrole nitrogens is 1. The highest BCUT2D eigenvalue weighted by molar-refractivity contribution is 6.35. The summed E-state index contributed by atoms with van der Waals surface area (Å²) in [6.45, 7) is 2.90. The van der Waals surface area contributed by atoms with Crippen molar-refractivity contribution in [3.05, 3.63) is 23.2 Å². The number of fused-ring (bicyclic) bond motifs is 1. The second kappa shape index (κ2) is 4.55. The quantitative estimate of drug-likeness (QED) is 0.769. The molecule has 2 aromatic heterocycles. The molecule has 0 atom stereocenters. The van der Waals surface area contributed by atoms with Gasteiger partial charge in [0.05, 0.1) is 16.1 Å². The Kier molecular flexibility index (Phi) is 2.87. The van der Waals surface area contributed by atoms with Gasteiger partial charge in [-0.3, -0.25) is 5.10 Å². The maximum Gasteiger partial charge on any atom is 0.239 e. The number of hydrogen-bond donors (Lipinski definition) is 2. The first-order chi connectivity index (χ1) is 9.20. The fourth-order valence-electron chi connectivity index (χ4n) is 2.14. The minimum Gasteiger partial charge on any atom is -0.366 e. The van der Waals surface area contributed by atoms with Gasteiger partial charge < -0.3 is 10.3 Å². The van der Waals surface area contributed by atoms with Gasteiger partial charge in [-0.05, 0) is 18.6 Å². The highest BCUT2D eigenvalue weighted by Crippen LogP contribution is 2.28. The van der Waals surface area contributed by atoms with Gasteiger partial charge in [0.2, 0.25) is 5.95 Å². The molecule has 0 unspecified atom stereocenters. The van der Waals surface area contributed by atoms with Gasteiger partial charge in [0, 0.05) is 6.54 Å². The van der Waals surface area contributed by atoms with Crippen LogP contribution in [0.25, 0.3) is 22.7 Å². The van der Waals surface area contributed by atoms with E-state index in [1.54, 1.807) is 0 Å². The second-order valence-corrected chi connectivity index (χ2v) is 4.64. The molecule has 3 N–H and O–H groups in total. The molecular formula is C12H13ClN6. The third-order valence-electron chi connectivity index (χ3n) is 2.88. The lowest BCUT2D eigenvalue weighted by atomic mass is 10.3. The fraction of sp³-hybridized carbons (Fsp3) is 0.250. The number of nitrogens with zero attached hydrogens (tertiary/aromatic N) is 4. The molecule has 0 saturated carbocycles. The Morgan fingerprint density at radius 1 is 1.37 bits per heavy atom. The molecule has 0 spiro atoms. The van der Waals surface area contributed by atoms with Crippen LogP contribution in [-0.4, -0.2) is 24.7 Å². The standard InChI is InChI=1S/C12H13ClN6/c1-2-6-19-9-7(13)4-3-5-8(9)15-11(19)10-16-12(14)18-17-10/h3-5H,2,6H2,1H3,(H3,14,16,17,18). The number of halogens is 1. The van der Waals surface area contributed by atoms with Crippen LogP contribution in [0.3, 0.4) is 0 Å². The van der Waals surface area contributed by atoms with Crippen LogP contribution in [0.2, 0.25) is 5.02 Å². The van der Waals surface area contributed by atoms with Gasteiger partial charge in [0.25, 0.3) is 0 Å². The lowest BCUT2D eigenvalue weighted by Crippen LogP contribution is -2.01. The maximum absolute atomic E-state index is 6.27. The van der Waals surface area contributed by atoms with E-state index in [1.807, 2.05) is 22.8 Å². The number of anilines is 1. The normalized spacial score (nSPS) is 11.3. The molecular weight excluding hydrogens is 264 g/mol. The zero-order valence-corrected chi connectivity index (χ0v) is 11.1. The van der Waals surface area contributed by atoms with Crippen LogP contribution in [0.4, 0.5) is 5.95 Å². The first-order valence-corrected chi connectivity index (χ1v) is 6.41. The SMILES string of the molecule is CCCn1c(-c2nc(N)n[nH]2)nc2cccc(Cl)c21. The topological polar surface area (TPSA) is 85.4 Å². The van der Waals surface area contributed by atoms with Crippen LogP contribution in [0, 0.1) is 0 Å². The van der Waals surface area contributed by atoms with E-state index in [2.05, 4.69) is 27.1 Å². The van der Waals surface area contributed by atoms with E-state index >= 15 is 0 Å². The van der Waals surface area contributed by atoms with E-state index in [0.717, 1.165) is 24.0 Å². The number of para-hydroxylation sites is 1. The van der Waals surface area contributed by atoms with Crippen LogP contribution in [0.1, 0.15) is 13.3 Å². The average Bonchev–Trinajstić information content (AvgIpc) is 2.95. The zero-order chi connectivity index (χ0) is 13.4. The molecule has 0 radical (unpaired) electrons. The maximum atomic E-state index is 6.27. The fourth-order valence-corrected chi connectivity index (χ4v) is 2.41. The summed E-state index contributed by atoms with van der Waals surface area (Å²) in [7, 11) is 0. The summed E-state index contributed by atoms with van der Waals surface area (Å²) in [5.74, 6) is 1.46. The highest BCUT2D eigenvalue weighted by Gasteiger charge is 2.16. The third-order valence-corrected chi connectivity index (χ3v) is 3.18. The summed E-state index contributed by atoms with van der Waals surface area (Å²) in [6.07, 6.45) is 0.966. The Bertz CT molecular complexity index is 729. The Balaban J connectivity index is 2.29. The summed E-state index contributed by atoms with van der Waals surface area (Å²) in [4.78, 5) is 8.70. The first-order valence-electron chi connectivity index (χ1n) is 6.03. The largest absolute Gasteiger partial charge is 0.366 e. The molecule has 3 aromatic rings. The third kappa shape index (κ3) is 1.94. The molecule has 0 aliphatic carbocycles. The van der Waals surface area contributed by atoms with Crippen LogP contribution in [0.15, 0.2) is 18.2 Å². The summed E-state index contributed by atoms with van der Waals surface area (Å²) < 4.78 is 2.04. The van der Waals surface area contributed by atoms with Gasteiger partial charge in [0.15, 0.2) is 11.6 Å². The van der Waals surface area contributed by atoms with Crippen molar-refractivity contribution in [2.24, 2.45) is 0 Å². The van der Waals surface area contributed by atoms with Crippen molar-refractivity contribution in [3.8, 4) is 11.6 Å². The van der Waals surface area contributed by atoms with Crippen molar-refractivity contribution in [2.75, 3.05) is 5.73 Å². The monoisotopic (exact) mass is 276 g/mol. The smallest absolute Gasteiger partial charge is 0.239 e. The molecule has 19 heavy (non-hydrogen) atoms. The summed E-state index contributed by atoms with van der Waals surface area (Å²) >= 11 is 6.27. The lowest BCUT2D eigenvalue weighted by molar-refractivity contribution is 0.701. The van der Waals surface area contributed by atoms with Gasteiger partial charge in [-0.2, -0.15) is 4.98 Å². The number of imidazole rings is 1. The van der Waals surface area contributed by atoms with Crippen molar-refractivity contribution < 1.29 is 0 Å². The Morgan fingerprint density at radius 2 is 2.21 bits per heavy atom. The van der Waals surface area contributed by atoms with Gasteiger partial charge in [0.1, 0.15) is 0 Å². The Morgan fingerprint density at radius 3 is 2.89 bits per heavy atom. The predicted molar refractivity (Wildman–Crippen MR) is 74.8 cm³/mol. The molecule has 0 fully saturated rings. The molecule has 2 heterocycles. The molecule has 0 bridgehead atoms. The number of nitrogens with two attached hydrogens (primary N) is 1. The minimum atomic E-state index is 0.205. The van der Waals surface area contributed by atoms with Gasteiger partial charge in [-0.25, -0.2) is 4.98 Å². The van der Waals surface area contributed by atoms with Crippen LogP contribution in [0.5, 0.6) is 0 Å². The number of rotatable bonds is 3. The van der Waals surface area contributed by atoms with Crippen LogP contribution < -0.4 is 5.73 Å². The number of hydrogen-bond acceptors (Lipinski definition) is 4. The van der Waals surface area contributed by atoms with Crippen molar-refractivity contribution in [2.45, 2.75) is 19.9 Å². The molecule has 0 aliphatic heterocycles. The number of aromatic nitrogens is 5. The molecule has 0 saturated heterocycles. The van der Waals surface area contributed by atoms with E-state index < -0.39 is 0 Å². The molecule has 7 heteroatoms. The Hall–Kier alpha value is -2.08. The van der Waals surface area contributed by atoms with Gasteiger partial charge >= 0.3 is 0 Å². The van der Waals surface area contributed by atoms with Crippen molar-refractivity contribution in [1.29, 1.82) is 0 Å². The number of benzene rings is 1. The summed E-state index contributed by atoms with van der Waals surface area (Å²) in [5, 5.41) is 7.31. The number of nitrogen functional groups attached to an aromatic ring is 1. The number of aromatic amines is 1. The molecule has 98 valence electrons. The average molecular weight is 277 g/mol. The first kappa shape index (κ1) is 12.0. The Labute approximate surface area is 114 Å². The molecule has 3 rings (SSSR count). The number of aryl methyl sites for hydroxylation is 1. The van der Waals surface area contributed by atoms with Gasteiger partial charge in [-0.1, -0.05) is 24.6 Å². The molecule has 6 nitrogen and oxygen atoms in total. The highest BCUT2D eigenvalue weighted by atomic mass is 35.5. The van der Waals surface area contributed by atoms with Crippen LogP contribution in [-0.2, 0) is 6.54 Å². The van der Waals surface area contributed by atoms with E-state index in [4.69, 9.17) is 17.3 Å². The van der Waals surface area contributed by atoms with Crippen molar-refractivity contribution in [3.63, 3.8) is 0 Å². The van der Waals surface area contributed by atoms with Crippen LogP contribution >= 0.6 is 11.6 Å². The number of nitrogens with one attached hydrogen (secondary N) is 1. The summed E-state index contributed by atoms with van der Waals surface area (Å²) in [6, 6.07) is 5.67. The molecule has 0 amide bonds. The minimum absolute atomic E-state index is 0.205. The lowest BCUT2D eigenvalue weighted by Gasteiger charge is -2.06. The zero-order valence-electron chi connectivity index (χ0n) is 10.4. The van der Waals surface area contributed by atoms with E-state index in [9.17, 15) is 0 Å². The molecule has 1 aromatic carbocycles. The van der Waals surface area contributed by atoms with Crippen molar-refractivity contribution in [1.82, 2.24) is 24.7 Å². The van der Waals surface area contributed by atoms with Gasteiger partial charge in [-0.15, -0.1) is 5.10 Å². The molecule has 0 aliphatic rings. The summed E-state index contributed by atoms with van der Waals surface area (Å²) in [5.41, 5.74) is 7.30.